The van der Waals surface area contributed by atoms with E-state index in [4.69, 9.17) is 0 Å². The molecule has 0 N–H and O–H groups in total. The van der Waals surface area contributed by atoms with Gasteiger partial charge in [-0.1, -0.05) is 66.9 Å². The Morgan fingerprint density at radius 3 is 2.23 bits per heavy atom. The summed E-state index contributed by atoms with van der Waals surface area (Å²) in [6.07, 6.45) is 5.36. The zero-order chi connectivity index (χ0) is 21.6. The molecule has 0 amide bonds. The topological polar surface area (TPSA) is 42.9 Å². The Hall–Kier alpha value is -2.37. The van der Waals surface area contributed by atoms with Gasteiger partial charge in [-0.2, -0.15) is 8.75 Å². The summed E-state index contributed by atoms with van der Waals surface area (Å²) in [4.78, 5) is 11.4. The van der Waals surface area contributed by atoms with Crippen molar-refractivity contribution in [2.75, 3.05) is 0 Å². The Labute approximate surface area is 195 Å². The van der Waals surface area contributed by atoms with Crippen molar-refractivity contribution >= 4 is 45.0 Å². The molecular weight excluding hydrogens is 468 g/mol. The van der Waals surface area contributed by atoms with E-state index in [1.165, 1.54) is 22.3 Å². The molecule has 3 nitrogen and oxygen atoms in total. The van der Waals surface area contributed by atoms with Crippen molar-refractivity contribution in [1.82, 2.24) is 8.75 Å². The van der Waals surface area contributed by atoms with E-state index in [1.54, 1.807) is 0 Å². The van der Waals surface area contributed by atoms with Crippen LogP contribution in [0.3, 0.4) is 0 Å². The highest BCUT2D eigenvalue weighted by Gasteiger charge is 2.42. The van der Waals surface area contributed by atoms with Crippen LogP contribution in [0.4, 0.5) is 0 Å². The molecule has 156 valence electrons. The molecule has 1 aromatic heterocycles. The van der Waals surface area contributed by atoms with Gasteiger partial charge in [0, 0.05) is 21.0 Å². The molecule has 0 saturated carbocycles. The normalized spacial score (nSPS) is 13.9. The Bertz CT molecular complexity index is 1300. The Morgan fingerprint density at radius 1 is 0.871 bits per heavy atom. The van der Waals surface area contributed by atoms with Crippen molar-refractivity contribution in [3.8, 4) is 22.3 Å². The first kappa shape index (κ1) is 20.5. The molecule has 1 aliphatic rings. The monoisotopic (exact) mass is 490 g/mol. The zero-order valence-corrected chi connectivity index (χ0v) is 20.0. The van der Waals surface area contributed by atoms with Crippen molar-refractivity contribution in [3.05, 3.63) is 69.7 Å². The fourth-order valence-corrected chi connectivity index (χ4v) is 6.31. The number of nitrogens with zero attached hydrogens (tertiary/aromatic N) is 2. The number of aromatic nitrogens is 2. The summed E-state index contributed by atoms with van der Waals surface area (Å²) in [5, 5.41) is 0. The van der Waals surface area contributed by atoms with E-state index in [1.807, 2.05) is 12.1 Å². The molecule has 1 aliphatic carbocycles. The highest BCUT2D eigenvalue weighted by Crippen LogP contribution is 2.55. The van der Waals surface area contributed by atoms with E-state index in [-0.39, 0.29) is 5.41 Å². The number of fused-ring (bicyclic) bond motifs is 4. The summed E-state index contributed by atoms with van der Waals surface area (Å²) in [6, 6.07) is 17.4. The Kier molecular flexibility index (Phi) is 5.27. The highest BCUT2D eigenvalue weighted by atomic mass is 79.9. The summed E-state index contributed by atoms with van der Waals surface area (Å²) in [7, 11) is 0. The van der Waals surface area contributed by atoms with Crippen LogP contribution in [0.2, 0.25) is 0 Å². The van der Waals surface area contributed by atoms with Gasteiger partial charge >= 0.3 is 0 Å². The maximum absolute atomic E-state index is 11.4. The molecule has 0 spiro atoms. The SMILES string of the molecule is CCCC1(CCC)c2cc(Br)ccc2-c2ccc(-c3ccc(C=O)c4nsnc34)cc21. The third kappa shape index (κ3) is 3.09. The first-order chi connectivity index (χ1) is 15.1. The predicted octanol–water partition coefficient (Wildman–Crippen LogP) is 7.80. The number of aldehydes is 1. The molecule has 0 fully saturated rings. The summed E-state index contributed by atoms with van der Waals surface area (Å²) in [5.41, 5.74) is 9.84. The summed E-state index contributed by atoms with van der Waals surface area (Å²) < 4.78 is 10.0. The number of carbonyl (C=O) groups excluding carboxylic acids is 1. The molecule has 5 rings (SSSR count). The quantitative estimate of drug-likeness (QED) is 0.259. The van der Waals surface area contributed by atoms with Crippen molar-refractivity contribution in [2.24, 2.45) is 0 Å². The summed E-state index contributed by atoms with van der Waals surface area (Å²) in [6.45, 7) is 4.55. The van der Waals surface area contributed by atoms with Gasteiger partial charge in [0.15, 0.2) is 6.29 Å². The van der Waals surface area contributed by atoms with E-state index in [2.05, 4.69) is 74.9 Å². The van der Waals surface area contributed by atoms with Crippen LogP contribution < -0.4 is 0 Å². The molecule has 4 aromatic rings. The Balaban J connectivity index is 1.76. The number of carbonyl (C=O) groups is 1. The third-order valence-electron chi connectivity index (χ3n) is 6.56. The molecule has 0 radical (unpaired) electrons. The van der Waals surface area contributed by atoms with E-state index in [0.29, 0.717) is 11.1 Å². The fraction of sp³-hybridized carbons (Fsp3) is 0.269. The first-order valence-corrected chi connectivity index (χ1v) is 12.3. The van der Waals surface area contributed by atoms with E-state index in [9.17, 15) is 4.79 Å². The minimum atomic E-state index is 0.0239. The molecule has 3 aromatic carbocycles. The van der Waals surface area contributed by atoms with Crippen LogP contribution in [0.15, 0.2) is 53.0 Å². The average molecular weight is 491 g/mol. The summed E-state index contributed by atoms with van der Waals surface area (Å²) >= 11 is 4.87. The van der Waals surface area contributed by atoms with E-state index >= 15 is 0 Å². The number of rotatable bonds is 6. The zero-order valence-electron chi connectivity index (χ0n) is 17.6. The number of halogens is 1. The smallest absolute Gasteiger partial charge is 0.152 e. The molecule has 0 unspecified atom stereocenters. The third-order valence-corrected chi connectivity index (χ3v) is 7.58. The van der Waals surface area contributed by atoms with Crippen LogP contribution in [0, 0.1) is 0 Å². The minimum absolute atomic E-state index is 0.0239. The van der Waals surface area contributed by atoms with Crippen molar-refractivity contribution in [2.45, 2.75) is 44.9 Å². The highest BCUT2D eigenvalue weighted by molar-refractivity contribution is 9.10. The van der Waals surface area contributed by atoms with Gasteiger partial charge in [-0.25, -0.2) is 0 Å². The molecular formula is C26H23BrN2OS. The lowest BCUT2D eigenvalue weighted by atomic mass is 9.71. The molecule has 0 bridgehead atoms. The van der Waals surface area contributed by atoms with E-state index < -0.39 is 0 Å². The average Bonchev–Trinajstić information content (AvgIpc) is 3.36. The molecule has 1 heterocycles. The lowest BCUT2D eigenvalue weighted by Gasteiger charge is -2.32. The van der Waals surface area contributed by atoms with Crippen LogP contribution >= 0.6 is 27.7 Å². The van der Waals surface area contributed by atoms with Crippen LogP contribution in [-0.2, 0) is 5.41 Å². The second-order valence-corrected chi connectivity index (χ2v) is 9.76. The standard InChI is InChI=1S/C26H23BrN2OS/c1-3-11-26(12-4-2)22-13-16(5-9-20(22)21-10-7-18(27)14-23(21)26)19-8-6-17(15-30)24-25(19)29-31-28-24/h5-10,13-15H,3-4,11-12H2,1-2H3. The number of hydrogen-bond donors (Lipinski definition) is 0. The fourth-order valence-electron chi connectivity index (χ4n) is 5.37. The van der Waals surface area contributed by atoms with Gasteiger partial charge in [0.25, 0.3) is 0 Å². The molecule has 0 aliphatic heterocycles. The lowest BCUT2D eigenvalue weighted by Crippen LogP contribution is -2.25. The lowest BCUT2D eigenvalue weighted by molar-refractivity contribution is 0.112. The van der Waals surface area contributed by atoms with Gasteiger partial charge in [0.2, 0.25) is 0 Å². The van der Waals surface area contributed by atoms with Gasteiger partial charge in [0.1, 0.15) is 11.0 Å². The number of hydrogen-bond acceptors (Lipinski definition) is 4. The van der Waals surface area contributed by atoms with Crippen LogP contribution in [0.1, 0.15) is 61.0 Å². The Morgan fingerprint density at radius 2 is 1.52 bits per heavy atom. The van der Waals surface area contributed by atoms with Gasteiger partial charge in [-0.05, 0) is 64.9 Å². The van der Waals surface area contributed by atoms with Crippen molar-refractivity contribution < 1.29 is 4.79 Å². The van der Waals surface area contributed by atoms with E-state index in [0.717, 1.165) is 64.8 Å². The van der Waals surface area contributed by atoms with Crippen molar-refractivity contribution in [1.29, 1.82) is 0 Å². The van der Waals surface area contributed by atoms with Crippen LogP contribution in [0.5, 0.6) is 0 Å². The minimum Gasteiger partial charge on any atom is -0.298 e. The molecule has 31 heavy (non-hydrogen) atoms. The molecule has 0 saturated heterocycles. The largest absolute Gasteiger partial charge is 0.298 e. The first-order valence-electron chi connectivity index (χ1n) is 10.8. The second-order valence-electron chi connectivity index (χ2n) is 8.31. The van der Waals surface area contributed by atoms with Gasteiger partial charge < -0.3 is 0 Å². The number of benzene rings is 3. The maximum Gasteiger partial charge on any atom is 0.152 e. The van der Waals surface area contributed by atoms with Gasteiger partial charge in [0.05, 0.1) is 11.7 Å². The second kappa shape index (κ2) is 7.95. The molecule has 0 atom stereocenters. The van der Waals surface area contributed by atoms with Crippen molar-refractivity contribution in [3.63, 3.8) is 0 Å². The predicted molar refractivity (Wildman–Crippen MR) is 132 cm³/mol. The molecule has 5 heteroatoms. The van der Waals surface area contributed by atoms with Crippen LogP contribution in [0.25, 0.3) is 33.3 Å². The maximum atomic E-state index is 11.4. The van der Waals surface area contributed by atoms with Crippen LogP contribution in [-0.4, -0.2) is 15.0 Å². The van der Waals surface area contributed by atoms with Gasteiger partial charge in [-0.15, -0.1) is 0 Å². The van der Waals surface area contributed by atoms with Gasteiger partial charge in [-0.3, -0.25) is 4.79 Å². The summed E-state index contributed by atoms with van der Waals surface area (Å²) in [5.74, 6) is 0.